The smallest absolute Gasteiger partial charge is 0.320 e. The summed E-state index contributed by atoms with van der Waals surface area (Å²) in [5.74, 6) is 2.73. The summed E-state index contributed by atoms with van der Waals surface area (Å²) < 4.78 is 50.3. The second-order valence-corrected chi connectivity index (χ2v) is 14.2. The predicted octanol–water partition coefficient (Wildman–Crippen LogP) is 4.85. The lowest BCUT2D eigenvalue weighted by molar-refractivity contribution is 0.0689. The molecule has 2 bridgehead atoms. The van der Waals surface area contributed by atoms with Gasteiger partial charge in [0.1, 0.15) is 35.6 Å². The Morgan fingerprint density at radius 2 is 1.90 bits per heavy atom. The molecule has 0 amide bonds. The van der Waals surface area contributed by atoms with Crippen LogP contribution in [-0.4, -0.2) is 99.3 Å². The topological polar surface area (TPSA) is 110 Å². The normalized spacial score (nSPS) is 27.2. The molecule has 2 N–H and O–H groups in total. The number of ether oxygens (including phenoxy) is 3. The van der Waals surface area contributed by atoms with Gasteiger partial charge < -0.3 is 29.5 Å². The summed E-state index contributed by atoms with van der Waals surface area (Å²) in [6, 6.07) is 6.84. The van der Waals surface area contributed by atoms with Crippen molar-refractivity contribution in [2.24, 2.45) is 0 Å². The predicted molar refractivity (Wildman–Crippen MR) is 179 cm³/mol. The van der Waals surface area contributed by atoms with Crippen LogP contribution in [0, 0.1) is 18.2 Å². The molecule has 2 aromatic carbocycles. The van der Waals surface area contributed by atoms with Gasteiger partial charge in [-0.3, -0.25) is 9.47 Å². The Bertz CT molecular complexity index is 1960. The first-order valence-corrected chi connectivity index (χ1v) is 17.4. The van der Waals surface area contributed by atoms with Gasteiger partial charge >= 0.3 is 12.0 Å². The number of nitrogens with one attached hydrogen (secondary N) is 1. The van der Waals surface area contributed by atoms with E-state index in [1.54, 1.807) is 6.07 Å². The molecule has 4 atom stereocenters. The van der Waals surface area contributed by atoms with Gasteiger partial charge in [-0.15, -0.1) is 6.42 Å². The van der Waals surface area contributed by atoms with E-state index < -0.39 is 12.0 Å². The lowest BCUT2D eigenvalue weighted by atomic mass is 9.95. The zero-order valence-electron chi connectivity index (χ0n) is 27.2. The molecule has 5 aliphatic heterocycles. The van der Waals surface area contributed by atoms with Crippen LogP contribution in [0.3, 0.4) is 0 Å². The van der Waals surface area contributed by atoms with Crippen LogP contribution in [0.25, 0.3) is 21.9 Å². The maximum Gasteiger partial charge on any atom is 0.320 e. The number of hydrogen-bond acceptors (Lipinski definition) is 10. The van der Waals surface area contributed by atoms with Crippen LogP contribution in [0.1, 0.15) is 56.6 Å². The van der Waals surface area contributed by atoms with Crippen molar-refractivity contribution in [3.63, 3.8) is 0 Å². The minimum atomic E-state index is -0.869. The van der Waals surface area contributed by atoms with Crippen molar-refractivity contribution < 1.29 is 28.1 Å². The number of terminal acetylenes is 1. The maximum absolute atomic E-state index is 15.0. The molecule has 4 aromatic rings. The molecule has 0 radical (unpaired) electrons. The first kappa shape index (κ1) is 30.8. The van der Waals surface area contributed by atoms with E-state index in [0.717, 1.165) is 45.3 Å². The number of phenolic OH excluding ortho intramolecular Hbond substituents is 1. The van der Waals surface area contributed by atoms with E-state index in [0.29, 0.717) is 85.5 Å². The second-order valence-electron chi connectivity index (χ2n) is 14.2. The van der Waals surface area contributed by atoms with Crippen LogP contribution in [0.5, 0.6) is 23.5 Å². The summed E-state index contributed by atoms with van der Waals surface area (Å²) in [6.07, 6.45) is 10.8. The Labute approximate surface area is 282 Å². The summed E-state index contributed by atoms with van der Waals surface area (Å²) in [4.78, 5) is 19.4. The number of aromatic hydroxyl groups is 1. The Hall–Kier alpha value is -4.25. The summed E-state index contributed by atoms with van der Waals surface area (Å²) in [5.41, 5.74) is 0.795. The van der Waals surface area contributed by atoms with Crippen molar-refractivity contribution in [3.05, 3.63) is 35.6 Å². The largest absolute Gasteiger partial charge is 0.508 e. The molecular formula is C36H39F2N7O4. The van der Waals surface area contributed by atoms with Crippen molar-refractivity contribution >= 4 is 27.8 Å². The van der Waals surface area contributed by atoms with Crippen molar-refractivity contribution in [1.82, 2.24) is 29.7 Å². The Balaban J connectivity index is 1.19. The fourth-order valence-electron chi connectivity index (χ4n) is 8.91. The van der Waals surface area contributed by atoms with Crippen LogP contribution in [0.15, 0.2) is 24.3 Å². The Morgan fingerprint density at radius 1 is 1.08 bits per heavy atom. The van der Waals surface area contributed by atoms with Crippen LogP contribution >= 0.6 is 0 Å². The monoisotopic (exact) mass is 671 g/mol. The molecule has 13 heteroatoms. The summed E-state index contributed by atoms with van der Waals surface area (Å²) in [5, 5.41) is 15.3. The molecule has 0 aliphatic carbocycles. The van der Waals surface area contributed by atoms with E-state index in [2.05, 4.69) is 21.0 Å². The Morgan fingerprint density at radius 3 is 2.69 bits per heavy atom. The third kappa shape index (κ3) is 5.32. The minimum Gasteiger partial charge on any atom is -0.508 e. The molecule has 5 saturated heterocycles. The first-order chi connectivity index (χ1) is 23.9. The number of nitrogens with zero attached hydrogens (tertiary/aromatic N) is 6. The number of hydrogen-bond donors (Lipinski definition) is 2. The van der Waals surface area contributed by atoms with Crippen LogP contribution in [-0.2, 0) is 4.74 Å². The highest BCUT2D eigenvalue weighted by Crippen LogP contribution is 2.43. The van der Waals surface area contributed by atoms with Gasteiger partial charge in [0.15, 0.2) is 11.5 Å². The SMILES string of the molecule is C#Cc1c(F)ccc2cc(O)cc(Oc3nc4nc(OC[C@@]56CCCN5C[C@H](F)C6)nc(N5CC6CCC(C5)N6)c4n3C3CCOCC3)c12. The fourth-order valence-corrected chi connectivity index (χ4v) is 8.91. The molecule has 5 aliphatic rings. The molecule has 5 fully saturated rings. The highest BCUT2D eigenvalue weighted by atomic mass is 19.1. The molecule has 0 spiro atoms. The molecular weight excluding hydrogens is 632 g/mol. The molecule has 2 unspecified atom stereocenters. The third-order valence-electron chi connectivity index (χ3n) is 11.1. The van der Waals surface area contributed by atoms with Crippen LogP contribution < -0.4 is 19.7 Å². The van der Waals surface area contributed by atoms with Gasteiger partial charge in [-0.25, -0.2) is 8.78 Å². The van der Waals surface area contributed by atoms with E-state index in [1.165, 1.54) is 18.2 Å². The quantitative estimate of drug-likeness (QED) is 0.265. The summed E-state index contributed by atoms with van der Waals surface area (Å²) in [7, 11) is 0. The van der Waals surface area contributed by atoms with Gasteiger partial charge in [-0.05, 0) is 62.6 Å². The summed E-state index contributed by atoms with van der Waals surface area (Å²) >= 11 is 0. The van der Waals surface area contributed by atoms with E-state index >= 15 is 0 Å². The summed E-state index contributed by atoms with van der Waals surface area (Å²) in [6.45, 7) is 4.25. The molecule has 7 heterocycles. The molecule has 9 rings (SSSR count). The van der Waals surface area contributed by atoms with Crippen molar-refractivity contribution in [2.45, 2.75) is 74.8 Å². The van der Waals surface area contributed by atoms with Crippen molar-refractivity contribution in [3.8, 4) is 35.9 Å². The standard InChI is InChI=1S/C36H39F2N7O4/c1-2-27-28(38)7-4-21-14-26(46)15-29(30(21)27)49-35-41-32-31(45(35)25-8-12-47-13-9-25)33(43-18-23-5-6-24(19-43)39-23)42-34(40-32)48-20-36-10-3-11-44(36)17-22(37)16-36/h1,4,7,14-15,22-25,39,46H,3,5-6,8-13,16-20H2/t22-,23?,24?,36+/m1/s1. The molecule has 2 aromatic heterocycles. The second kappa shape index (κ2) is 12.0. The van der Waals surface area contributed by atoms with Gasteiger partial charge in [0.25, 0.3) is 0 Å². The van der Waals surface area contributed by atoms with Crippen molar-refractivity contribution in [2.75, 3.05) is 50.9 Å². The van der Waals surface area contributed by atoms with Crippen molar-refractivity contribution in [1.29, 1.82) is 0 Å². The number of benzene rings is 2. The van der Waals surface area contributed by atoms with Gasteiger partial charge in [0, 0.05) is 68.8 Å². The fraction of sp³-hybridized carbons (Fsp3) is 0.528. The Kier molecular flexibility index (Phi) is 7.52. The van der Waals surface area contributed by atoms with E-state index in [4.69, 9.17) is 35.6 Å². The molecule has 11 nitrogen and oxygen atoms in total. The number of anilines is 1. The highest BCUT2D eigenvalue weighted by molar-refractivity contribution is 5.95. The zero-order valence-corrected chi connectivity index (χ0v) is 27.2. The third-order valence-corrected chi connectivity index (χ3v) is 11.1. The van der Waals surface area contributed by atoms with Crippen LogP contribution in [0.2, 0.25) is 0 Å². The molecule has 0 saturated carbocycles. The maximum atomic E-state index is 15.0. The first-order valence-electron chi connectivity index (χ1n) is 17.4. The molecule has 256 valence electrons. The number of fused-ring (bicyclic) bond motifs is 5. The number of rotatable bonds is 7. The number of alkyl halides is 1. The van der Waals surface area contributed by atoms with E-state index in [1.807, 2.05) is 4.57 Å². The zero-order chi connectivity index (χ0) is 33.3. The number of aromatic nitrogens is 4. The average Bonchev–Trinajstić information content (AvgIpc) is 3.84. The highest BCUT2D eigenvalue weighted by Gasteiger charge is 2.49. The lowest BCUT2D eigenvalue weighted by Gasteiger charge is -2.35. The van der Waals surface area contributed by atoms with E-state index in [-0.39, 0.29) is 40.7 Å². The minimum absolute atomic E-state index is 0.0384. The number of piperazine rings is 1. The molecule has 49 heavy (non-hydrogen) atoms. The van der Waals surface area contributed by atoms with Crippen LogP contribution in [0.4, 0.5) is 14.6 Å². The average molecular weight is 672 g/mol. The number of phenols is 1. The number of imidazole rings is 1. The van der Waals surface area contributed by atoms with Gasteiger partial charge in [0.05, 0.1) is 11.1 Å². The van der Waals surface area contributed by atoms with Gasteiger partial charge in [-0.2, -0.15) is 15.0 Å². The number of halogens is 2. The van der Waals surface area contributed by atoms with E-state index in [9.17, 15) is 13.9 Å². The van der Waals surface area contributed by atoms with Gasteiger partial charge in [-0.1, -0.05) is 12.0 Å². The van der Waals surface area contributed by atoms with Gasteiger partial charge in [0.2, 0.25) is 0 Å². The lowest BCUT2D eigenvalue weighted by Crippen LogP contribution is -2.51.